The molecule has 2 heteroatoms. The Bertz CT molecular complexity index is 172. The highest BCUT2D eigenvalue weighted by Crippen LogP contribution is 2.43. The lowest BCUT2D eigenvalue weighted by atomic mass is 9.93. The Labute approximate surface area is 94.8 Å². The standard InChI is InChI=1S/C13H27NO/c1-5-7-14-13(12-9-11(12)3)10(2)6-8-15-4/h10-14H,5-9H2,1-4H3. The number of nitrogens with one attached hydrogen (secondary N) is 1. The molecule has 4 unspecified atom stereocenters. The average Bonchev–Trinajstić information content (AvgIpc) is 2.93. The summed E-state index contributed by atoms with van der Waals surface area (Å²) < 4.78 is 5.17. The SMILES string of the molecule is CCCNC(C(C)CCOC)C1CC1C. The first-order valence-electron chi connectivity index (χ1n) is 6.43. The summed E-state index contributed by atoms with van der Waals surface area (Å²) in [6.45, 7) is 9.02. The fraction of sp³-hybridized carbons (Fsp3) is 1.00. The molecule has 0 saturated heterocycles. The average molecular weight is 213 g/mol. The molecule has 2 nitrogen and oxygen atoms in total. The van der Waals surface area contributed by atoms with Crippen LogP contribution < -0.4 is 5.32 Å². The third kappa shape index (κ3) is 4.12. The molecule has 1 rings (SSSR count). The molecule has 0 aromatic rings. The van der Waals surface area contributed by atoms with Crippen molar-refractivity contribution in [3.63, 3.8) is 0 Å². The predicted octanol–water partition coefficient (Wildman–Crippen LogP) is 2.68. The van der Waals surface area contributed by atoms with E-state index in [9.17, 15) is 0 Å². The maximum atomic E-state index is 5.17. The van der Waals surface area contributed by atoms with Gasteiger partial charge in [0.05, 0.1) is 0 Å². The highest BCUT2D eigenvalue weighted by atomic mass is 16.5. The normalized spacial score (nSPS) is 28.8. The number of rotatable bonds is 8. The van der Waals surface area contributed by atoms with Crippen molar-refractivity contribution in [1.82, 2.24) is 5.32 Å². The highest BCUT2D eigenvalue weighted by molar-refractivity contribution is 4.94. The maximum absolute atomic E-state index is 5.17. The molecule has 4 atom stereocenters. The van der Waals surface area contributed by atoms with E-state index >= 15 is 0 Å². The van der Waals surface area contributed by atoms with Gasteiger partial charge >= 0.3 is 0 Å². The molecule has 1 aliphatic carbocycles. The van der Waals surface area contributed by atoms with Crippen molar-refractivity contribution in [2.75, 3.05) is 20.3 Å². The van der Waals surface area contributed by atoms with Crippen LogP contribution in [-0.2, 0) is 4.74 Å². The van der Waals surface area contributed by atoms with Crippen LogP contribution in [-0.4, -0.2) is 26.3 Å². The van der Waals surface area contributed by atoms with Crippen LogP contribution in [0.3, 0.4) is 0 Å². The van der Waals surface area contributed by atoms with Gasteiger partial charge in [0.15, 0.2) is 0 Å². The van der Waals surface area contributed by atoms with E-state index in [0.29, 0.717) is 0 Å². The van der Waals surface area contributed by atoms with Crippen molar-refractivity contribution < 1.29 is 4.74 Å². The Kier molecular flexibility index (Phi) is 5.62. The largest absolute Gasteiger partial charge is 0.385 e. The predicted molar refractivity (Wildman–Crippen MR) is 65.0 cm³/mol. The monoisotopic (exact) mass is 213 g/mol. The van der Waals surface area contributed by atoms with Gasteiger partial charge in [0, 0.05) is 19.8 Å². The summed E-state index contributed by atoms with van der Waals surface area (Å²) >= 11 is 0. The third-order valence-corrected chi connectivity index (χ3v) is 3.65. The molecule has 0 heterocycles. The Morgan fingerprint density at radius 1 is 1.47 bits per heavy atom. The molecule has 0 aromatic carbocycles. The minimum Gasteiger partial charge on any atom is -0.385 e. The Hall–Kier alpha value is -0.0800. The highest BCUT2D eigenvalue weighted by Gasteiger charge is 2.41. The minimum absolute atomic E-state index is 0.718. The van der Waals surface area contributed by atoms with Crippen molar-refractivity contribution >= 4 is 0 Å². The Morgan fingerprint density at radius 2 is 2.13 bits per heavy atom. The summed E-state index contributed by atoms with van der Waals surface area (Å²) in [5, 5.41) is 3.71. The van der Waals surface area contributed by atoms with Crippen molar-refractivity contribution in [2.45, 2.75) is 46.1 Å². The lowest BCUT2D eigenvalue weighted by molar-refractivity contribution is 0.165. The fourth-order valence-corrected chi connectivity index (χ4v) is 2.42. The van der Waals surface area contributed by atoms with Gasteiger partial charge in [-0.25, -0.2) is 0 Å². The van der Waals surface area contributed by atoms with Crippen LogP contribution in [0.15, 0.2) is 0 Å². The Balaban J connectivity index is 2.33. The van der Waals surface area contributed by atoms with E-state index in [2.05, 4.69) is 26.1 Å². The van der Waals surface area contributed by atoms with Gasteiger partial charge in [-0.05, 0) is 43.6 Å². The van der Waals surface area contributed by atoms with Gasteiger partial charge in [0.1, 0.15) is 0 Å². The molecule has 90 valence electrons. The van der Waals surface area contributed by atoms with E-state index in [1.807, 2.05) is 0 Å². The van der Waals surface area contributed by atoms with E-state index in [1.54, 1.807) is 7.11 Å². The van der Waals surface area contributed by atoms with E-state index < -0.39 is 0 Å². The van der Waals surface area contributed by atoms with Crippen LogP contribution in [0.1, 0.15) is 40.0 Å². The number of hydrogen-bond acceptors (Lipinski definition) is 2. The molecule has 1 N–H and O–H groups in total. The van der Waals surface area contributed by atoms with E-state index in [-0.39, 0.29) is 0 Å². The lowest BCUT2D eigenvalue weighted by Crippen LogP contribution is -2.38. The minimum atomic E-state index is 0.718. The molecule has 1 saturated carbocycles. The second kappa shape index (κ2) is 6.49. The lowest BCUT2D eigenvalue weighted by Gasteiger charge is -2.25. The molecule has 1 aliphatic rings. The molecule has 0 bridgehead atoms. The van der Waals surface area contributed by atoms with Crippen molar-refractivity contribution in [2.24, 2.45) is 17.8 Å². The molecule has 1 fully saturated rings. The summed E-state index contributed by atoms with van der Waals surface area (Å²) in [5.74, 6) is 2.60. The summed E-state index contributed by atoms with van der Waals surface area (Å²) in [7, 11) is 1.79. The van der Waals surface area contributed by atoms with E-state index in [4.69, 9.17) is 4.74 Å². The van der Waals surface area contributed by atoms with Crippen molar-refractivity contribution in [3.05, 3.63) is 0 Å². The first kappa shape index (κ1) is 13.0. The van der Waals surface area contributed by atoms with Crippen LogP contribution in [0, 0.1) is 17.8 Å². The summed E-state index contributed by atoms with van der Waals surface area (Å²) in [6.07, 6.45) is 3.83. The molecule has 0 aliphatic heterocycles. The first-order chi connectivity index (χ1) is 7.20. The van der Waals surface area contributed by atoms with Gasteiger partial charge in [-0.15, -0.1) is 0 Å². The van der Waals surface area contributed by atoms with Crippen LogP contribution in [0.2, 0.25) is 0 Å². The first-order valence-corrected chi connectivity index (χ1v) is 6.43. The van der Waals surface area contributed by atoms with Crippen LogP contribution in [0.4, 0.5) is 0 Å². The molecule has 0 radical (unpaired) electrons. The topological polar surface area (TPSA) is 21.3 Å². The summed E-state index contributed by atoms with van der Waals surface area (Å²) in [6, 6.07) is 0.718. The Morgan fingerprint density at radius 3 is 2.60 bits per heavy atom. The van der Waals surface area contributed by atoms with Gasteiger partial charge < -0.3 is 10.1 Å². The second-order valence-electron chi connectivity index (χ2n) is 5.12. The van der Waals surface area contributed by atoms with Gasteiger partial charge in [-0.1, -0.05) is 20.8 Å². The van der Waals surface area contributed by atoms with E-state index in [0.717, 1.165) is 36.9 Å². The number of ether oxygens (including phenoxy) is 1. The zero-order valence-electron chi connectivity index (χ0n) is 10.8. The van der Waals surface area contributed by atoms with Gasteiger partial charge in [0.25, 0.3) is 0 Å². The quantitative estimate of drug-likeness (QED) is 0.669. The van der Waals surface area contributed by atoms with Crippen molar-refractivity contribution in [1.29, 1.82) is 0 Å². The van der Waals surface area contributed by atoms with Crippen LogP contribution >= 0.6 is 0 Å². The third-order valence-electron chi connectivity index (χ3n) is 3.65. The number of methoxy groups -OCH3 is 1. The van der Waals surface area contributed by atoms with Crippen molar-refractivity contribution in [3.8, 4) is 0 Å². The van der Waals surface area contributed by atoms with Gasteiger partial charge in [-0.2, -0.15) is 0 Å². The molecular formula is C13H27NO. The van der Waals surface area contributed by atoms with Crippen LogP contribution in [0.5, 0.6) is 0 Å². The molecule has 0 aromatic heterocycles. The fourth-order valence-electron chi connectivity index (χ4n) is 2.42. The molecule has 15 heavy (non-hydrogen) atoms. The molecule has 0 spiro atoms. The smallest absolute Gasteiger partial charge is 0.0465 e. The number of hydrogen-bond donors (Lipinski definition) is 1. The summed E-state index contributed by atoms with van der Waals surface area (Å²) in [4.78, 5) is 0. The second-order valence-corrected chi connectivity index (χ2v) is 5.12. The summed E-state index contributed by atoms with van der Waals surface area (Å²) in [5.41, 5.74) is 0. The van der Waals surface area contributed by atoms with Gasteiger partial charge in [0.2, 0.25) is 0 Å². The molecule has 0 amide bonds. The van der Waals surface area contributed by atoms with Crippen LogP contribution in [0.25, 0.3) is 0 Å². The molecular weight excluding hydrogens is 186 g/mol. The van der Waals surface area contributed by atoms with Gasteiger partial charge in [-0.3, -0.25) is 0 Å². The zero-order valence-corrected chi connectivity index (χ0v) is 10.8. The zero-order chi connectivity index (χ0) is 11.3. The maximum Gasteiger partial charge on any atom is 0.0465 e. The van der Waals surface area contributed by atoms with E-state index in [1.165, 1.54) is 19.3 Å².